The van der Waals surface area contributed by atoms with Gasteiger partial charge in [-0.15, -0.1) is 0 Å². The lowest BCUT2D eigenvalue weighted by molar-refractivity contribution is -0.149. The molecule has 1 saturated carbocycles. The van der Waals surface area contributed by atoms with Gasteiger partial charge in [-0.1, -0.05) is 6.07 Å². The number of carbonyl (C=O) groups excluding carboxylic acids is 2. The summed E-state index contributed by atoms with van der Waals surface area (Å²) in [5, 5.41) is 2.87. The lowest BCUT2D eigenvalue weighted by Gasteiger charge is -2.38. The van der Waals surface area contributed by atoms with Crippen molar-refractivity contribution in [1.29, 1.82) is 0 Å². The van der Waals surface area contributed by atoms with E-state index < -0.39 is 0 Å². The fraction of sp³-hybridized carbons (Fsp3) is 0.667. The van der Waals surface area contributed by atoms with Crippen molar-refractivity contribution in [2.75, 3.05) is 45.9 Å². The van der Waals surface area contributed by atoms with E-state index in [0.29, 0.717) is 24.7 Å². The minimum atomic E-state index is -0.212. The van der Waals surface area contributed by atoms with Gasteiger partial charge in [0.2, 0.25) is 5.91 Å². The number of carbonyl (C=O) groups is 2. The van der Waals surface area contributed by atoms with Gasteiger partial charge in [0.25, 0.3) is 5.91 Å². The van der Waals surface area contributed by atoms with Crippen molar-refractivity contribution in [2.45, 2.75) is 31.8 Å². The van der Waals surface area contributed by atoms with Crippen LogP contribution >= 0.6 is 0 Å². The number of aromatic nitrogens is 1. The monoisotopic (exact) mass is 386 g/mol. The Morgan fingerprint density at radius 2 is 1.93 bits per heavy atom. The van der Waals surface area contributed by atoms with E-state index in [1.807, 2.05) is 4.90 Å². The predicted molar refractivity (Wildman–Crippen MR) is 105 cm³/mol. The van der Waals surface area contributed by atoms with Gasteiger partial charge in [0.1, 0.15) is 12.3 Å². The number of amides is 2. The Morgan fingerprint density at radius 3 is 2.64 bits per heavy atom. The molecule has 1 aromatic rings. The maximum Gasteiger partial charge on any atom is 0.269 e. The van der Waals surface area contributed by atoms with Crippen molar-refractivity contribution in [2.24, 2.45) is 11.8 Å². The Morgan fingerprint density at radius 1 is 1.14 bits per heavy atom. The van der Waals surface area contributed by atoms with Crippen molar-refractivity contribution >= 4 is 11.8 Å². The summed E-state index contributed by atoms with van der Waals surface area (Å²) in [7, 11) is 0. The van der Waals surface area contributed by atoms with E-state index in [2.05, 4.69) is 15.2 Å². The maximum absolute atomic E-state index is 12.3. The molecule has 1 aromatic heterocycles. The standard InChI is InChI=1S/C21H30N4O3/c26-20-15-28-18(11-23-21(27)19-3-1-2-8-22-19)14-25(20)13-17-6-9-24(10-7-17)12-16-4-5-16/h1-3,8,16-18H,4-7,9-15H2,(H,23,27). The van der Waals surface area contributed by atoms with Crippen LogP contribution in [0.3, 0.4) is 0 Å². The smallest absolute Gasteiger partial charge is 0.269 e. The lowest BCUT2D eigenvalue weighted by atomic mass is 9.95. The second kappa shape index (κ2) is 9.01. The van der Waals surface area contributed by atoms with Gasteiger partial charge in [-0.05, 0) is 62.7 Å². The van der Waals surface area contributed by atoms with Crippen LogP contribution in [-0.4, -0.2) is 78.6 Å². The quantitative estimate of drug-likeness (QED) is 0.761. The number of hydrogen-bond acceptors (Lipinski definition) is 5. The molecule has 1 atom stereocenters. The Kier molecular flexibility index (Phi) is 6.22. The van der Waals surface area contributed by atoms with Crippen LogP contribution in [0.4, 0.5) is 0 Å². The number of hydrogen-bond donors (Lipinski definition) is 1. The zero-order valence-electron chi connectivity index (χ0n) is 16.4. The Labute approximate surface area is 166 Å². The van der Waals surface area contributed by atoms with Crippen LogP contribution in [-0.2, 0) is 9.53 Å². The van der Waals surface area contributed by atoms with Gasteiger partial charge >= 0.3 is 0 Å². The number of nitrogens with one attached hydrogen (secondary N) is 1. The van der Waals surface area contributed by atoms with Crippen LogP contribution in [0.15, 0.2) is 24.4 Å². The van der Waals surface area contributed by atoms with E-state index in [1.165, 1.54) is 32.2 Å². The molecular formula is C21H30N4O3. The Bertz CT molecular complexity index is 671. The highest BCUT2D eigenvalue weighted by Crippen LogP contribution is 2.31. The summed E-state index contributed by atoms with van der Waals surface area (Å²) in [6.45, 7) is 5.42. The SMILES string of the molecule is O=C(NCC1CN(CC2CCN(CC3CC3)CC2)C(=O)CO1)c1ccccn1. The van der Waals surface area contributed by atoms with E-state index in [1.54, 1.807) is 24.4 Å². The van der Waals surface area contributed by atoms with Gasteiger partial charge in [0.05, 0.1) is 6.10 Å². The molecule has 152 valence electrons. The van der Waals surface area contributed by atoms with E-state index >= 15 is 0 Å². The van der Waals surface area contributed by atoms with Crippen LogP contribution in [0.5, 0.6) is 0 Å². The summed E-state index contributed by atoms with van der Waals surface area (Å²) in [5.74, 6) is 1.36. The van der Waals surface area contributed by atoms with Gasteiger partial charge in [0, 0.05) is 32.4 Å². The number of ether oxygens (including phenoxy) is 1. The molecule has 0 spiro atoms. The first-order valence-electron chi connectivity index (χ1n) is 10.5. The zero-order chi connectivity index (χ0) is 19.3. The van der Waals surface area contributed by atoms with Crippen molar-refractivity contribution in [3.8, 4) is 0 Å². The van der Waals surface area contributed by atoms with Crippen LogP contribution in [0, 0.1) is 11.8 Å². The van der Waals surface area contributed by atoms with Crippen molar-refractivity contribution < 1.29 is 14.3 Å². The Balaban J connectivity index is 1.21. The number of rotatable bonds is 7. The summed E-state index contributed by atoms with van der Waals surface area (Å²) < 4.78 is 5.63. The molecule has 1 N–H and O–H groups in total. The first-order chi connectivity index (χ1) is 13.7. The molecule has 3 heterocycles. The zero-order valence-corrected chi connectivity index (χ0v) is 16.4. The molecule has 4 rings (SSSR count). The highest BCUT2D eigenvalue weighted by atomic mass is 16.5. The van der Waals surface area contributed by atoms with Crippen LogP contribution in [0.2, 0.25) is 0 Å². The Hall–Kier alpha value is -1.99. The maximum atomic E-state index is 12.3. The highest BCUT2D eigenvalue weighted by molar-refractivity contribution is 5.92. The first kappa shape index (κ1) is 19.3. The minimum absolute atomic E-state index is 0.0627. The number of likely N-dealkylation sites (tertiary alicyclic amines) is 1. The highest BCUT2D eigenvalue weighted by Gasteiger charge is 2.31. The number of nitrogens with zero attached hydrogens (tertiary/aromatic N) is 3. The van der Waals surface area contributed by atoms with E-state index in [0.717, 1.165) is 25.6 Å². The summed E-state index contributed by atoms with van der Waals surface area (Å²) in [6, 6.07) is 5.25. The fourth-order valence-corrected chi connectivity index (χ4v) is 4.10. The second-order valence-corrected chi connectivity index (χ2v) is 8.34. The van der Waals surface area contributed by atoms with Gasteiger partial charge in [-0.3, -0.25) is 14.6 Å². The number of morpholine rings is 1. The van der Waals surface area contributed by atoms with Crippen molar-refractivity contribution in [1.82, 2.24) is 20.1 Å². The lowest BCUT2D eigenvalue weighted by Crippen LogP contribution is -2.52. The van der Waals surface area contributed by atoms with Gasteiger partial charge in [0.15, 0.2) is 0 Å². The molecule has 7 heteroatoms. The fourth-order valence-electron chi connectivity index (χ4n) is 4.10. The van der Waals surface area contributed by atoms with E-state index in [9.17, 15) is 9.59 Å². The third-order valence-electron chi connectivity index (χ3n) is 6.01. The molecule has 3 fully saturated rings. The molecule has 0 bridgehead atoms. The van der Waals surface area contributed by atoms with E-state index in [-0.39, 0.29) is 24.5 Å². The topological polar surface area (TPSA) is 74.8 Å². The van der Waals surface area contributed by atoms with Gasteiger partial charge in [-0.25, -0.2) is 0 Å². The summed E-state index contributed by atoms with van der Waals surface area (Å²) >= 11 is 0. The normalized spacial score (nSPS) is 24.4. The first-order valence-corrected chi connectivity index (χ1v) is 10.5. The van der Waals surface area contributed by atoms with Crippen LogP contribution < -0.4 is 5.32 Å². The molecule has 0 radical (unpaired) electrons. The number of pyridine rings is 1. The largest absolute Gasteiger partial charge is 0.365 e. The van der Waals surface area contributed by atoms with E-state index in [4.69, 9.17) is 4.74 Å². The molecule has 7 nitrogen and oxygen atoms in total. The average molecular weight is 386 g/mol. The van der Waals surface area contributed by atoms with Crippen molar-refractivity contribution in [3.05, 3.63) is 30.1 Å². The predicted octanol–water partition coefficient (Wildman–Crippen LogP) is 1.16. The molecule has 2 aliphatic heterocycles. The van der Waals surface area contributed by atoms with Gasteiger partial charge < -0.3 is 19.9 Å². The molecular weight excluding hydrogens is 356 g/mol. The summed E-state index contributed by atoms with van der Waals surface area (Å²) in [5.41, 5.74) is 0.393. The molecule has 0 aromatic carbocycles. The summed E-state index contributed by atoms with van der Waals surface area (Å²) in [4.78, 5) is 33.0. The minimum Gasteiger partial charge on any atom is -0.365 e. The molecule has 2 saturated heterocycles. The second-order valence-electron chi connectivity index (χ2n) is 8.34. The summed E-state index contributed by atoms with van der Waals surface area (Å²) in [6.07, 6.45) is 6.57. The van der Waals surface area contributed by atoms with Gasteiger partial charge in [-0.2, -0.15) is 0 Å². The molecule has 3 aliphatic rings. The van der Waals surface area contributed by atoms with Crippen LogP contribution in [0.1, 0.15) is 36.2 Å². The number of piperidine rings is 1. The third kappa shape index (κ3) is 5.29. The molecule has 1 unspecified atom stereocenters. The molecule has 28 heavy (non-hydrogen) atoms. The van der Waals surface area contributed by atoms with Crippen LogP contribution in [0.25, 0.3) is 0 Å². The molecule has 1 aliphatic carbocycles. The van der Waals surface area contributed by atoms with Crippen molar-refractivity contribution in [3.63, 3.8) is 0 Å². The third-order valence-corrected chi connectivity index (χ3v) is 6.01. The molecule has 2 amide bonds. The average Bonchev–Trinajstić information content (AvgIpc) is 3.54.